The first-order chi connectivity index (χ1) is 7.95. The molecule has 1 aromatic rings. The minimum Gasteiger partial charge on any atom is -0.349 e. The second kappa shape index (κ2) is 6.62. The van der Waals surface area contributed by atoms with Crippen molar-refractivity contribution in [3.8, 4) is 0 Å². The fraction of sp³-hybridized carbons (Fsp3) is 0.417. The highest BCUT2D eigenvalue weighted by Gasteiger charge is 2.16. The molecular formula is C12H14BrCl2NO. The number of rotatable bonds is 4. The lowest BCUT2D eigenvalue weighted by Crippen LogP contribution is -2.37. The average molecular weight is 339 g/mol. The number of carbonyl (C=O) groups excluding carboxylic acids is 1. The van der Waals surface area contributed by atoms with Crippen LogP contribution >= 0.6 is 39.1 Å². The normalized spacial score (nSPS) is 14.2. The van der Waals surface area contributed by atoms with Crippen molar-refractivity contribution < 1.29 is 4.79 Å². The van der Waals surface area contributed by atoms with E-state index in [2.05, 4.69) is 21.2 Å². The molecule has 0 aliphatic carbocycles. The molecule has 2 nitrogen and oxygen atoms in total. The fourth-order valence-corrected chi connectivity index (χ4v) is 2.36. The quantitative estimate of drug-likeness (QED) is 0.823. The minimum absolute atomic E-state index is 0.0302. The van der Waals surface area contributed by atoms with Crippen molar-refractivity contribution in [3.05, 3.63) is 33.3 Å². The largest absolute Gasteiger partial charge is 0.349 e. The SMILES string of the molecule is CC(CCl)C(C)NC(=O)c1ccc(Cl)cc1Br. The first-order valence-electron chi connectivity index (χ1n) is 5.27. The van der Waals surface area contributed by atoms with Crippen LogP contribution in [0.2, 0.25) is 5.02 Å². The first kappa shape index (κ1) is 14.8. The van der Waals surface area contributed by atoms with Crippen LogP contribution in [-0.4, -0.2) is 17.8 Å². The number of halogens is 3. The molecule has 1 amide bonds. The summed E-state index contributed by atoms with van der Waals surface area (Å²) in [5.74, 6) is 0.619. The molecule has 0 heterocycles. The summed E-state index contributed by atoms with van der Waals surface area (Å²) >= 11 is 14.9. The number of alkyl halides is 1. The van der Waals surface area contributed by atoms with Crippen LogP contribution in [0.5, 0.6) is 0 Å². The molecule has 17 heavy (non-hydrogen) atoms. The Morgan fingerprint density at radius 1 is 1.47 bits per heavy atom. The van der Waals surface area contributed by atoms with Crippen LogP contribution in [0.25, 0.3) is 0 Å². The van der Waals surface area contributed by atoms with E-state index >= 15 is 0 Å². The van der Waals surface area contributed by atoms with E-state index in [1.165, 1.54) is 0 Å². The van der Waals surface area contributed by atoms with Crippen molar-refractivity contribution in [2.45, 2.75) is 19.9 Å². The molecule has 0 saturated carbocycles. The van der Waals surface area contributed by atoms with Gasteiger partial charge >= 0.3 is 0 Å². The third-order valence-electron chi connectivity index (χ3n) is 2.63. The molecule has 0 fully saturated rings. The summed E-state index contributed by atoms with van der Waals surface area (Å²) < 4.78 is 0.688. The van der Waals surface area contributed by atoms with Gasteiger partial charge in [0.1, 0.15) is 0 Å². The fourth-order valence-electron chi connectivity index (χ4n) is 1.23. The lowest BCUT2D eigenvalue weighted by Gasteiger charge is -2.19. The van der Waals surface area contributed by atoms with Gasteiger partial charge in [0.05, 0.1) is 5.56 Å². The highest BCUT2D eigenvalue weighted by Crippen LogP contribution is 2.21. The molecule has 0 aromatic heterocycles. The topological polar surface area (TPSA) is 29.1 Å². The van der Waals surface area contributed by atoms with Crippen molar-refractivity contribution in [3.63, 3.8) is 0 Å². The monoisotopic (exact) mass is 337 g/mol. The Balaban J connectivity index is 2.76. The molecule has 0 aliphatic rings. The Labute approximate surface area is 120 Å². The van der Waals surface area contributed by atoms with Gasteiger partial charge in [-0.1, -0.05) is 18.5 Å². The second-order valence-electron chi connectivity index (χ2n) is 4.02. The van der Waals surface area contributed by atoms with Crippen LogP contribution in [0.4, 0.5) is 0 Å². The van der Waals surface area contributed by atoms with Crippen LogP contribution in [-0.2, 0) is 0 Å². The van der Waals surface area contributed by atoms with Gasteiger partial charge in [-0.2, -0.15) is 0 Å². The number of benzene rings is 1. The standard InChI is InChI=1S/C12H14BrCl2NO/c1-7(6-14)8(2)16-12(17)10-4-3-9(15)5-11(10)13/h3-5,7-8H,6H2,1-2H3,(H,16,17). The lowest BCUT2D eigenvalue weighted by atomic mass is 10.1. The zero-order chi connectivity index (χ0) is 13.0. The molecule has 1 aromatic carbocycles. The van der Waals surface area contributed by atoms with Crippen LogP contribution in [0.15, 0.2) is 22.7 Å². The van der Waals surface area contributed by atoms with Crippen molar-refractivity contribution in [2.24, 2.45) is 5.92 Å². The molecule has 1 N–H and O–H groups in total. The zero-order valence-electron chi connectivity index (χ0n) is 9.64. The Morgan fingerprint density at radius 2 is 2.12 bits per heavy atom. The maximum absolute atomic E-state index is 12.0. The van der Waals surface area contributed by atoms with E-state index in [9.17, 15) is 4.79 Å². The van der Waals surface area contributed by atoms with E-state index in [0.717, 1.165) is 0 Å². The molecule has 2 unspecified atom stereocenters. The zero-order valence-corrected chi connectivity index (χ0v) is 12.7. The van der Waals surface area contributed by atoms with E-state index in [0.29, 0.717) is 20.9 Å². The van der Waals surface area contributed by atoms with Crippen LogP contribution in [0.3, 0.4) is 0 Å². The van der Waals surface area contributed by atoms with E-state index in [1.54, 1.807) is 18.2 Å². The molecule has 94 valence electrons. The van der Waals surface area contributed by atoms with E-state index in [4.69, 9.17) is 23.2 Å². The van der Waals surface area contributed by atoms with Gasteiger partial charge in [0.15, 0.2) is 0 Å². The highest BCUT2D eigenvalue weighted by atomic mass is 79.9. The van der Waals surface area contributed by atoms with Crippen LogP contribution in [0.1, 0.15) is 24.2 Å². The summed E-state index contributed by atoms with van der Waals surface area (Å²) in [4.78, 5) is 12.0. The Bertz CT molecular complexity index is 411. The maximum Gasteiger partial charge on any atom is 0.252 e. The predicted molar refractivity (Wildman–Crippen MR) is 76.0 cm³/mol. The third-order valence-corrected chi connectivity index (χ3v) is 4.01. The smallest absolute Gasteiger partial charge is 0.252 e. The number of hydrogen-bond donors (Lipinski definition) is 1. The lowest BCUT2D eigenvalue weighted by molar-refractivity contribution is 0.0930. The van der Waals surface area contributed by atoms with E-state index in [-0.39, 0.29) is 17.9 Å². The summed E-state index contributed by atoms with van der Waals surface area (Å²) in [6, 6.07) is 5.12. The summed E-state index contributed by atoms with van der Waals surface area (Å²) in [6.45, 7) is 3.93. The van der Waals surface area contributed by atoms with Crippen LogP contribution in [0, 0.1) is 5.92 Å². The van der Waals surface area contributed by atoms with Gasteiger partial charge in [-0.05, 0) is 47.0 Å². The van der Waals surface area contributed by atoms with Gasteiger partial charge in [0.2, 0.25) is 0 Å². The highest BCUT2D eigenvalue weighted by molar-refractivity contribution is 9.10. The van der Waals surface area contributed by atoms with Gasteiger partial charge in [0.25, 0.3) is 5.91 Å². The van der Waals surface area contributed by atoms with Crippen molar-refractivity contribution in [1.82, 2.24) is 5.32 Å². The summed E-state index contributed by atoms with van der Waals surface area (Å²) in [7, 11) is 0. The molecule has 0 spiro atoms. The Morgan fingerprint density at radius 3 is 2.65 bits per heavy atom. The van der Waals surface area contributed by atoms with E-state index < -0.39 is 0 Å². The van der Waals surface area contributed by atoms with E-state index in [1.807, 2.05) is 13.8 Å². The summed E-state index contributed by atoms with van der Waals surface area (Å²) in [5.41, 5.74) is 0.572. The number of nitrogens with one attached hydrogen (secondary N) is 1. The van der Waals surface area contributed by atoms with Crippen molar-refractivity contribution in [2.75, 3.05) is 5.88 Å². The van der Waals surface area contributed by atoms with Crippen LogP contribution < -0.4 is 5.32 Å². The predicted octanol–water partition coefficient (Wildman–Crippen LogP) is 4.10. The molecular weight excluding hydrogens is 325 g/mol. The summed E-state index contributed by atoms with van der Waals surface area (Å²) in [6.07, 6.45) is 0. The molecule has 0 bridgehead atoms. The number of carbonyl (C=O) groups is 1. The minimum atomic E-state index is -0.127. The Hall–Kier alpha value is -0.250. The van der Waals surface area contributed by atoms with Gasteiger partial charge in [0, 0.05) is 21.4 Å². The van der Waals surface area contributed by atoms with Gasteiger partial charge in [-0.25, -0.2) is 0 Å². The molecule has 0 radical (unpaired) electrons. The molecule has 0 saturated heterocycles. The third kappa shape index (κ3) is 4.16. The molecule has 0 aliphatic heterocycles. The summed E-state index contributed by atoms with van der Waals surface area (Å²) in [5, 5.41) is 3.50. The van der Waals surface area contributed by atoms with Crippen molar-refractivity contribution in [1.29, 1.82) is 0 Å². The molecule has 2 atom stereocenters. The maximum atomic E-state index is 12.0. The molecule has 1 rings (SSSR count). The van der Waals surface area contributed by atoms with Gasteiger partial charge < -0.3 is 5.32 Å². The number of hydrogen-bond acceptors (Lipinski definition) is 1. The first-order valence-corrected chi connectivity index (χ1v) is 6.98. The van der Waals surface area contributed by atoms with Gasteiger partial charge in [-0.3, -0.25) is 4.79 Å². The van der Waals surface area contributed by atoms with Crippen molar-refractivity contribution >= 4 is 45.0 Å². The number of amides is 1. The second-order valence-corrected chi connectivity index (χ2v) is 5.62. The molecule has 5 heteroatoms. The Kier molecular flexibility index (Phi) is 5.77. The van der Waals surface area contributed by atoms with Gasteiger partial charge in [-0.15, -0.1) is 11.6 Å². The average Bonchev–Trinajstić information content (AvgIpc) is 2.27.